The van der Waals surface area contributed by atoms with Crippen LogP contribution >= 0.6 is 0 Å². The molecule has 0 fully saturated rings. The highest BCUT2D eigenvalue weighted by Gasteiger charge is 2.32. The predicted octanol–water partition coefficient (Wildman–Crippen LogP) is 2.60. The molecule has 7 heteroatoms. The topological polar surface area (TPSA) is 66.5 Å². The number of anilines is 2. The van der Waals surface area contributed by atoms with E-state index in [0.717, 1.165) is 36.2 Å². The van der Waals surface area contributed by atoms with E-state index < -0.39 is 15.8 Å². The molecule has 0 atom stereocenters. The van der Waals surface area contributed by atoms with E-state index in [9.17, 15) is 17.6 Å². The lowest BCUT2D eigenvalue weighted by molar-refractivity contribution is -0.117. The lowest BCUT2D eigenvalue weighted by Gasteiger charge is -2.26. The van der Waals surface area contributed by atoms with Crippen LogP contribution in [0.1, 0.15) is 23.1 Å². The minimum atomic E-state index is -3.62. The van der Waals surface area contributed by atoms with Gasteiger partial charge in [-0.05, 0) is 53.8 Å². The van der Waals surface area contributed by atoms with Crippen molar-refractivity contribution in [3.8, 4) is 0 Å². The number of nitrogens with zero attached hydrogens (tertiary/aromatic N) is 1. The number of rotatable bonds is 4. The SMILES string of the molecule is O=C1Cc2cc(NS(=O)(=O)Cc3ccc(F)cc3)cc3c2N1CCC3. The van der Waals surface area contributed by atoms with E-state index in [1.165, 1.54) is 24.3 Å². The van der Waals surface area contributed by atoms with Crippen LogP contribution in [-0.2, 0) is 33.4 Å². The van der Waals surface area contributed by atoms with Gasteiger partial charge in [0.15, 0.2) is 0 Å². The molecule has 2 aliphatic rings. The molecule has 0 saturated heterocycles. The van der Waals surface area contributed by atoms with Crippen LogP contribution in [0.15, 0.2) is 36.4 Å². The highest BCUT2D eigenvalue weighted by Crippen LogP contribution is 2.39. The summed E-state index contributed by atoms with van der Waals surface area (Å²) in [4.78, 5) is 13.9. The van der Waals surface area contributed by atoms with E-state index in [0.29, 0.717) is 17.7 Å². The summed E-state index contributed by atoms with van der Waals surface area (Å²) in [6.07, 6.45) is 2.03. The number of hydrogen-bond acceptors (Lipinski definition) is 3. The fraction of sp³-hybridized carbons (Fsp3) is 0.278. The number of carbonyl (C=O) groups excluding carboxylic acids is 1. The first-order valence-corrected chi connectivity index (χ1v) is 9.78. The van der Waals surface area contributed by atoms with Crippen LogP contribution < -0.4 is 9.62 Å². The first-order chi connectivity index (χ1) is 11.9. The summed E-state index contributed by atoms with van der Waals surface area (Å²) in [5, 5.41) is 0. The van der Waals surface area contributed by atoms with Gasteiger partial charge in [-0.1, -0.05) is 12.1 Å². The number of nitrogens with one attached hydrogen (secondary N) is 1. The van der Waals surface area contributed by atoms with Gasteiger partial charge in [0, 0.05) is 12.2 Å². The zero-order chi connectivity index (χ0) is 17.6. The van der Waals surface area contributed by atoms with Gasteiger partial charge in [0.05, 0.1) is 17.9 Å². The number of halogens is 1. The van der Waals surface area contributed by atoms with E-state index in [1.807, 2.05) is 6.07 Å². The molecule has 0 bridgehead atoms. The molecule has 0 aromatic heterocycles. The van der Waals surface area contributed by atoms with Crippen molar-refractivity contribution in [3.05, 3.63) is 58.9 Å². The lowest BCUT2D eigenvalue weighted by Crippen LogP contribution is -2.31. The molecule has 4 rings (SSSR count). The van der Waals surface area contributed by atoms with E-state index in [1.54, 1.807) is 11.0 Å². The molecule has 2 heterocycles. The van der Waals surface area contributed by atoms with Crippen molar-refractivity contribution in [2.75, 3.05) is 16.2 Å². The summed E-state index contributed by atoms with van der Waals surface area (Å²) in [7, 11) is -3.62. The van der Waals surface area contributed by atoms with Crippen LogP contribution in [-0.4, -0.2) is 20.9 Å². The number of aryl methyl sites for hydroxylation is 1. The third-order valence-corrected chi connectivity index (χ3v) is 5.81. The third kappa shape index (κ3) is 3.11. The second-order valence-electron chi connectivity index (χ2n) is 6.46. The van der Waals surface area contributed by atoms with Crippen molar-refractivity contribution in [2.45, 2.75) is 25.0 Å². The highest BCUT2D eigenvalue weighted by atomic mass is 32.2. The van der Waals surface area contributed by atoms with Gasteiger partial charge < -0.3 is 4.90 Å². The van der Waals surface area contributed by atoms with Gasteiger partial charge in [-0.15, -0.1) is 0 Å². The second kappa shape index (κ2) is 5.84. The molecule has 0 saturated carbocycles. The summed E-state index contributed by atoms with van der Waals surface area (Å²) >= 11 is 0. The van der Waals surface area contributed by atoms with Gasteiger partial charge in [-0.25, -0.2) is 12.8 Å². The van der Waals surface area contributed by atoms with Crippen LogP contribution in [0.25, 0.3) is 0 Å². The number of hydrogen-bond donors (Lipinski definition) is 1. The standard InChI is InChI=1S/C18H17FN2O3S/c19-15-5-3-12(4-6-15)11-25(23,24)20-16-8-13-2-1-7-21-17(22)10-14(9-16)18(13)21/h3-6,8-9,20H,1-2,7,10-11H2. The molecule has 2 aromatic rings. The van der Waals surface area contributed by atoms with E-state index in [-0.39, 0.29) is 11.7 Å². The molecule has 1 N–H and O–H groups in total. The number of sulfonamides is 1. The molecule has 0 radical (unpaired) electrons. The molecular weight excluding hydrogens is 343 g/mol. The number of amides is 1. The lowest BCUT2D eigenvalue weighted by atomic mass is 9.99. The Balaban J connectivity index is 1.60. The van der Waals surface area contributed by atoms with E-state index in [2.05, 4.69) is 4.72 Å². The molecule has 1 amide bonds. The highest BCUT2D eigenvalue weighted by molar-refractivity contribution is 7.91. The Morgan fingerprint density at radius 3 is 2.60 bits per heavy atom. The van der Waals surface area contributed by atoms with Crippen molar-refractivity contribution >= 4 is 27.3 Å². The average molecular weight is 360 g/mol. The molecule has 0 unspecified atom stereocenters. The quantitative estimate of drug-likeness (QED) is 0.911. The monoisotopic (exact) mass is 360 g/mol. The van der Waals surface area contributed by atoms with Gasteiger partial charge in [0.25, 0.3) is 0 Å². The zero-order valence-corrected chi connectivity index (χ0v) is 14.3. The van der Waals surface area contributed by atoms with Crippen molar-refractivity contribution in [1.29, 1.82) is 0 Å². The predicted molar refractivity (Wildman–Crippen MR) is 93.5 cm³/mol. The first-order valence-electron chi connectivity index (χ1n) is 8.12. The summed E-state index contributed by atoms with van der Waals surface area (Å²) in [5.74, 6) is -0.562. The van der Waals surface area contributed by atoms with E-state index in [4.69, 9.17) is 0 Å². The summed E-state index contributed by atoms with van der Waals surface area (Å²) < 4.78 is 40.4. The number of benzene rings is 2. The largest absolute Gasteiger partial charge is 0.312 e. The van der Waals surface area contributed by atoms with E-state index >= 15 is 0 Å². The fourth-order valence-electron chi connectivity index (χ4n) is 3.55. The second-order valence-corrected chi connectivity index (χ2v) is 8.18. The van der Waals surface area contributed by atoms with Crippen LogP contribution in [0.3, 0.4) is 0 Å². The Bertz CT molecular complexity index is 955. The minimum Gasteiger partial charge on any atom is -0.312 e. The van der Waals surface area contributed by atoms with Gasteiger partial charge in [0.2, 0.25) is 15.9 Å². The molecule has 0 aliphatic carbocycles. The normalized spacial score (nSPS) is 16.0. The average Bonchev–Trinajstić information content (AvgIpc) is 2.86. The Hall–Kier alpha value is -2.41. The minimum absolute atomic E-state index is 0.0715. The number of carbonyl (C=O) groups is 1. The Labute approximate surface area is 145 Å². The molecule has 2 aromatic carbocycles. The van der Waals surface area contributed by atoms with Gasteiger partial charge >= 0.3 is 0 Å². The van der Waals surface area contributed by atoms with Gasteiger partial charge in [0.1, 0.15) is 5.82 Å². The fourth-order valence-corrected chi connectivity index (χ4v) is 4.73. The van der Waals surface area contributed by atoms with Crippen molar-refractivity contribution in [1.82, 2.24) is 0 Å². The van der Waals surface area contributed by atoms with Crippen LogP contribution in [0.5, 0.6) is 0 Å². The molecule has 5 nitrogen and oxygen atoms in total. The van der Waals surface area contributed by atoms with Crippen LogP contribution in [0.4, 0.5) is 15.8 Å². The molecular formula is C18H17FN2O3S. The van der Waals surface area contributed by atoms with Crippen molar-refractivity contribution in [2.24, 2.45) is 0 Å². The Kier molecular flexibility index (Phi) is 3.76. The zero-order valence-electron chi connectivity index (χ0n) is 13.5. The molecule has 25 heavy (non-hydrogen) atoms. The van der Waals surface area contributed by atoms with Crippen LogP contribution in [0.2, 0.25) is 0 Å². The smallest absolute Gasteiger partial charge is 0.236 e. The Morgan fingerprint density at radius 1 is 1.12 bits per heavy atom. The van der Waals surface area contributed by atoms with Crippen molar-refractivity contribution in [3.63, 3.8) is 0 Å². The first kappa shape index (κ1) is 16.1. The Morgan fingerprint density at radius 2 is 1.84 bits per heavy atom. The summed E-state index contributed by atoms with van der Waals surface area (Å²) in [5.41, 5.74) is 3.83. The van der Waals surface area contributed by atoms with Gasteiger partial charge in [-0.3, -0.25) is 9.52 Å². The van der Waals surface area contributed by atoms with Crippen molar-refractivity contribution < 1.29 is 17.6 Å². The maximum atomic E-state index is 12.9. The maximum absolute atomic E-state index is 12.9. The molecule has 0 spiro atoms. The van der Waals surface area contributed by atoms with Gasteiger partial charge in [-0.2, -0.15) is 0 Å². The third-order valence-electron chi connectivity index (χ3n) is 4.55. The maximum Gasteiger partial charge on any atom is 0.236 e. The van der Waals surface area contributed by atoms with Crippen LogP contribution in [0, 0.1) is 5.82 Å². The molecule has 130 valence electrons. The summed E-state index contributed by atoms with van der Waals surface area (Å²) in [6.45, 7) is 0.731. The molecule has 2 aliphatic heterocycles. The summed E-state index contributed by atoms with van der Waals surface area (Å²) in [6, 6.07) is 8.94.